The van der Waals surface area contributed by atoms with Gasteiger partial charge in [-0.3, -0.25) is 19.7 Å². The Morgan fingerprint density at radius 1 is 1.09 bits per heavy atom. The van der Waals surface area contributed by atoms with Crippen LogP contribution in [-0.2, 0) is 4.79 Å². The molecule has 0 aromatic heterocycles. The molecule has 0 saturated carbocycles. The van der Waals surface area contributed by atoms with E-state index in [1.54, 1.807) is 30.3 Å². The Kier molecular flexibility index (Phi) is 7.72. The second-order valence-electron chi connectivity index (χ2n) is 6.89. The summed E-state index contributed by atoms with van der Waals surface area (Å²) < 4.78 is 5.59. The standard InChI is InChI=1S/C23H19ClN4O5/c1-15-2-7-19(8-3-15)26-22(29)14-33-21-11-6-18(24)12-17(21)13-25-27-23(30)16-4-9-20(10-5-16)28(31)32/h2-13H,14H2,1H3,(H,26,29)(H,27,30)/b25-13+. The third-order valence-corrected chi connectivity index (χ3v) is 4.61. The summed E-state index contributed by atoms with van der Waals surface area (Å²) >= 11 is 6.04. The van der Waals surface area contributed by atoms with Gasteiger partial charge in [0.2, 0.25) is 0 Å². The number of carbonyl (C=O) groups is 2. The summed E-state index contributed by atoms with van der Waals surface area (Å²) in [4.78, 5) is 34.5. The number of aryl methyl sites for hydroxylation is 1. The summed E-state index contributed by atoms with van der Waals surface area (Å²) in [5.74, 6) is -0.557. The van der Waals surface area contributed by atoms with Gasteiger partial charge in [-0.05, 0) is 49.4 Å². The molecule has 2 N–H and O–H groups in total. The molecule has 0 aliphatic rings. The Morgan fingerprint density at radius 2 is 1.79 bits per heavy atom. The number of nitro groups is 1. The van der Waals surface area contributed by atoms with Crippen LogP contribution >= 0.6 is 11.6 Å². The number of nitro benzene ring substituents is 1. The van der Waals surface area contributed by atoms with Crippen LogP contribution in [0.15, 0.2) is 71.8 Å². The fourth-order valence-electron chi connectivity index (χ4n) is 2.69. The molecule has 0 spiro atoms. The van der Waals surface area contributed by atoms with Crippen molar-refractivity contribution < 1.29 is 19.2 Å². The van der Waals surface area contributed by atoms with Crippen LogP contribution in [0.5, 0.6) is 5.75 Å². The van der Waals surface area contributed by atoms with E-state index in [1.165, 1.54) is 30.5 Å². The van der Waals surface area contributed by atoms with Gasteiger partial charge in [-0.25, -0.2) is 5.43 Å². The Morgan fingerprint density at radius 3 is 2.45 bits per heavy atom. The first-order chi connectivity index (χ1) is 15.8. The zero-order chi connectivity index (χ0) is 23.8. The number of rotatable bonds is 8. The van der Waals surface area contributed by atoms with E-state index in [0.717, 1.165) is 5.56 Å². The Balaban J connectivity index is 1.61. The van der Waals surface area contributed by atoms with Gasteiger partial charge in [0.25, 0.3) is 17.5 Å². The van der Waals surface area contributed by atoms with Gasteiger partial charge in [-0.1, -0.05) is 29.3 Å². The van der Waals surface area contributed by atoms with Crippen LogP contribution in [0.4, 0.5) is 11.4 Å². The SMILES string of the molecule is Cc1ccc(NC(=O)COc2ccc(Cl)cc2/C=N/NC(=O)c2ccc([N+](=O)[O-])cc2)cc1. The number of amides is 2. The maximum atomic E-state index is 12.2. The fraction of sp³-hybridized carbons (Fsp3) is 0.0870. The van der Waals surface area contributed by atoms with Crippen molar-refractivity contribution in [3.05, 3.63) is 98.6 Å². The van der Waals surface area contributed by atoms with Crippen molar-refractivity contribution in [2.75, 3.05) is 11.9 Å². The number of anilines is 1. The number of benzene rings is 3. The van der Waals surface area contributed by atoms with Crippen molar-refractivity contribution in [1.29, 1.82) is 0 Å². The number of halogens is 1. The molecule has 0 saturated heterocycles. The molecular formula is C23H19ClN4O5. The monoisotopic (exact) mass is 466 g/mol. The molecule has 0 aliphatic carbocycles. The van der Waals surface area contributed by atoms with Gasteiger partial charge in [-0.2, -0.15) is 5.10 Å². The highest BCUT2D eigenvalue weighted by atomic mass is 35.5. The molecule has 3 aromatic rings. The Bertz CT molecular complexity index is 1190. The molecule has 0 aliphatic heterocycles. The second kappa shape index (κ2) is 10.9. The second-order valence-corrected chi connectivity index (χ2v) is 7.32. The molecule has 9 nitrogen and oxygen atoms in total. The molecule has 0 bridgehead atoms. The maximum absolute atomic E-state index is 12.2. The highest BCUT2D eigenvalue weighted by Gasteiger charge is 2.10. The first-order valence-electron chi connectivity index (χ1n) is 9.68. The smallest absolute Gasteiger partial charge is 0.271 e. The van der Waals surface area contributed by atoms with Crippen LogP contribution in [0.2, 0.25) is 5.02 Å². The minimum atomic E-state index is -0.554. The highest BCUT2D eigenvalue weighted by Crippen LogP contribution is 2.21. The van der Waals surface area contributed by atoms with Crippen molar-refractivity contribution in [2.24, 2.45) is 5.10 Å². The van der Waals surface area contributed by atoms with E-state index in [2.05, 4.69) is 15.8 Å². The van der Waals surface area contributed by atoms with Gasteiger partial charge in [-0.15, -0.1) is 0 Å². The molecule has 0 fully saturated rings. The lowest BCUT2D eigenvalue weighted by molar-refractivity contribution is -0.384. The van der Waals surface area contributed by atoms with Crippen LogP contribution in [-0.4, -0.2) is 29.6 Å². The number of hydrazone groups is 1. The lowest BCUT2D eigenvalue weighted by atomic mass is 10.2. The molecule has 3 rings (SSSR count). The summed E-state index contributed by atoms with van der Waals surface area (Å²) in [5.41, 5.74) is 4.58. The minimum absolute atomic E-state index is 0.123. The van der Waals surface area contributed by atoms with Crippen LogP contribution in [0.25, 0.3) is 0 Å². The maximum Gasteiger partial charge on any atom is 0.271 e. The Labute approximate surface area is 194 Å². The average Bonchev–Trinajstić information content (AvgIpc) is 2.80. The van der Waals surface area contributed by atoms with Gasteiger partial charge in [0.1, 0.15) is 5.75 Å². The summed E-state index contributed by atoms with van der Waals surface area (Å²) in [7, 11) is 0. The van der Waals surface area contributed by atoms with Crippen LogP contribution in [0.1, 0.15) is 21.5 Å². The van der Waals surface area contributed by atoms with Gasteiger partial charge in [0, 0.05) is 34.0 Å². The molecule has 0 unspecified atom stereocenters. The first kappa shape index (κ1) is 23.4. The van der Waals surface area contributed by atoms with Crippen LogP contribution in [0.3, 0.4) is 0 Å². The zero-order valence-electron chi connectivity index (χ0n) is 17.4. The number of carbonyl (C=O) groups excluding carboxylic acids is 2. The molecule has 3 aromatic carbocycles. The molecular weight excluding hydrogens is 448 g/mol. The number of ether oxygens (including phenoxy) is 1. The highest BCUT2D eigenvalue weighted by molar-refractivity contribution is 6.30. The van der Waals surface area contributed by atoms with Crippen molar-refractivity contribution in [2.45, 2.75) is 6.92 Å². The van der Waals surface area contributed by atoms with Gasteiger partial charge < -0.3 is 10.1 Å². The van der Waals surface area contributed by atoms with E-state index < -0.39 is 10.8 Å². The topological polar surface area (TPSA) is 123 Å². The Hall–Kier alpha value is -4.24. The number of nitrogens with one attached hydrogen (secondary N) is 2. The molecule has 0 heterocycles. The molecule has 168 valence electrons. The quantitative estimate of drug-likeness (QED) is 0.290. The van der Waals surface area contributed by atoms with Crippen LogP contribution < -0.4 is 15.5 Å². The largest absolute Gasteiger partial charge is 0.483 e. The predicted octanol–water partition coefficient (Wildman–Crippen LogP) is 4.34. The van der Waals surface area contributed by atoms with E-state index in [0.29, 0.717) is 22.0 Å². The van der Waals surface area contributed by atoms with E-state index >= 15 is 0 Å². The number of nitrogens with zero attached hydrogens (tertiary/aromatic N) is 2. The van der Waals surface area contributed by atoms with Crippen LogP contribution in [0, 0.1) is 17.0 Å². The van der Waals surface area contributed by atoms with Gasteiger partial charge >= 0.3 is 0 Å². The summed E-state index contributed by atoms with van der Waals surface area (Å²) in [6.07, 6.45) is 1.32. The molecule has 0 radical (unpaired) electrons. The van der Waals surface area contributed by atoms with Crippen molar-refractivity contribution in [3.8, 4) is 5.75 Å². The molecule has 2 amide bonds. The number of hydrogen-bond acceptors (Lipinski definition) is 6. The predicted molar refractivity (Wildman–Crippen MR) is 125 cm³/mol. The normalized spacial score (nSPS) is 10.6. The van der Waals surface area contributed by atoms with Crippen molar-refractivity contribution in [1.82, 2.24) is 5.43 Å². The lowest BCUT2D eigenvalue weighted by Crippen LogP contribution is -2.20. The zero-order valence-corrected chi connectivity index (χ0v) is 18.2. The van der Waals surface area contributed by atoms with Gasteiger partial charge in [0.15, 0.2) is 6.61 Å². The molecule has 10 heteroatoms. The lowest BCUT2D eigenvalue weighted by Gasteiger charge is -2.10. The fourth-order valence-corrected chi connectivity index (χ4v) is 2.87. The van der Waals surface area contributed by atoms with Gasteiger partial charge in [0.05, 0.1) is 11.1 Å². The van der Waals surface area contributed by atoms with E-state index in [1.807, 2.05) is 19.1 Å². The minimum Gasteiger partial charge on any atom is -0.483 e. The first-order valence-corrected chi connectivity index (χ1v) is 10.1. The average molecular weight is 467 g/mol. The van der Waals surface area contributed by atoms with E-state index in [4.69, 9.17) is 16.3 Å². The summed E-state index contributed by atoms with van der Waals surface area (Å²) in [6.45, 7) is 1.71. The number of non-ortho nitro benzene ring substituents is 1. The number of hydrogen-bond donors (Lipinski definition) is 2. The molecule has 0 atom stereocenters. The summed E-state index contributed by atoms with van der Waals surface area (Å²) in [6, 6.07) is 17.2. The van der Waals surface area contributed by atoms with E-state index in [9.17, 15) is 19.7 Å². The summed E-state index contributed by atoms with van der Waals surface area (Å²) in [5, 5.41) is 17.7. The third kappa shape index (κ3) is 6.88. The van der Waals surface area contributed by atoms with Crippen molar-refractivity contribution in [3.63, 3.8) is 0 Å². The molecule has 33 heavy (non-hydrogen) atoms. The van der Waals surface area contributed by atoms with Crippen molar-refractivity contribution >= 4 is 41.0 Å². The van der Waals surface area contributed by atoms with E-state index in [-0.39, 0.29) is 23.8 Å². The third-order valence-electron chi connectivity index (χ3n) is 4.38.